The molecule has 7 heteroatoms. The topological polar surface area (TPSA) is 64.9 Å². The molecule has 0 aliphatic rings. The maximum absolute atomic E-state index is 5.23. The van der Waals surface area contributed by atoms with Crippen molar-refractivity contribution in [3.63, 3.8) is 0 Å². The second-order valence-electron chi connectivity index (χ2n) is 3.81. The quantitative estimate of drug-likeness (QED) is 0.931. The van der Waals surface area contributed by atoms with Crippen LogP contribution >= 0.6 is 15.9 Å². The highest BCUT2D eigenvalue weighted by molar-refractivity contribution is 9.10. The van der Waals surface area contributed by atoms with Gasteiger partial charge in [0.05, 0.1) is 18.8 Å². The molecule has 1 atom stereocenters. The third-order valence-corrected chi connectivity index (χ3v) is 3.11. The minimum Gasteiger partial charge on any atom is -0.497 e. The zero-order valence-electron chi connectivity index (χ0n) is 10.4. The van der Waals surface area contributed by atoms with E-state index in [-0.39, 0.29) is 6.04 Å². The van der Waals surface area contributed by atoms with E-state index in [0.29, 0.717) is 0 Å². The molecule has 0 aliphatic carbocycles. The van der Waals surface area contributed by atoms with Crippen molar-refractivity contribution in [1.82, 2.24) is 25.5 Å². The van der Waals surface area contributed by atoms with E-state index in [1.807, 2.05) is 32.2 Å². The lowest BCUT2D eigenvalue weighted by atomic mass is 10.2. The highest BCUT2D eigenvalue weighted by Gasteiger charge is 2.14. The molecule has 96 valence electrons. The minimum absolute atomic E-state index is 0.0602. The third kappa shape index (κ3) is 2.51. The molecular formula is C11H14BrN5O. The van der Waals surface area contributed by atoms with Gasteiger partial charge in [-0.25, -0.2) is 0 Å². The Bertz CT molecular complexity index is 542. The van der Waals surface area contributed by atoms with Crippen molar-refractivity contribution in [1.29, 1.82) is 0 Å². The number of ether oxygens (including phenoxy) is 1. The van der Waals surface area contributed by atoms with Crippen molar-refractivity contribution in [3.05, 3.63) is 28.5 Å². The molecular weight excluding hydrogens is 298 g/mol. The fourth-order valence-electron chi connectivity index (χ4n) is 1.57. The monoisotopic (exact) mass is 311 g/mol. The van der Waals surface area contributed by atoms with Crippen molar-refractivity contribution in [2.75, 3.05) is 14.2 Å². The third-order valence-electron chi connectivity index (χ3n) is 2.65. The normalized spacial score (nSPS) is 12.4. The molecule has 2 aromatic rings. The van der Waals surface area contributed by atoms with Crippen LogP contribution in [0.25, 0.3) is 5.69 Å². The van der Waals surface area contributed by atoms with E-state index < -0.39 is 0 Å². The summed E-state index contributed by atoms with van der Waals surface area (Å²) < 4.78 is 7.83. The predicted molar refractivity (Wildman–Crippen MR) is 70.9 cm³/mol. The van der Waals surface area contributed by atoms with Crippen LogP contribution < -0.4 is 10.1 Å². The number of halogens is 1. The van der Waals surface area contributed by atoms with Crippen LogP contribution in [0.5, 0.6) is 5.75 Å². The van der Waals surface area contributed by atoms with Crippen LogP contribution in [0.3, 0.4) is 0 Å². The average molecular weight is 312 g/mol. The first-order valence-electron chi connectivity index (χ1n) is 5.46. The maximum atomic E-state index is 5.23. The molecule has 0 saturated heterocycles. The van der Waals surface area contributed by atoms with Gasteiger partial charge in [0.15, 0.2) is 5.82 Å². The van der Waals surface area contributed by atoms with Crippen molar-refractivity contribution >= 4 is 15.9 Å². The van der Waals surface area contributed by atoms with E-state index in [1.54, 1.807) is 11.8 Å². The van der Waals surface area contributed by atoms with Crippen molar-refractivity contribution < 1.29 is 4.74 Å². The Kier molecular flexibility index (Phi) is 3.93. The molecule has 18 heavy (non-hydrogen) atoms. The maximum Gasteiger partial charge on any atom is 0.173 e. The summed E-state index contributed by atoms with van der Waals surface area (Å²) in [7, 11) is 3.49. The second kappa shape index (κ2) is 5.45. The van der Waals surface area contributed by atoms with E-state index in [4.69, 9.17) is 4.74 Å². The number of tetrazole rings is 1. The first-order chi connectivity index (χ1) is 8.65. The lowest BCUT2D eigenvalue weighted by Gasteiger charge is -2.11. The standard InChI is InChI=1S/C11H14BrN5O/c1-7(13-2)11-14-15-16-17(11)9-4-8(12)5-10(6-9)18-3/h4-7,13H,1-3H3. The lowest BCUT2D eigenvalue weighted by molar-refractivity contribution is 0.414. The summed E-state index contributed by atoms with van der Waals surface area (Å²) in [6, 6.07) is 5.76. The van der Waals surface area contributed by atoms with E-state index in [1.165, 1.54) is 0 Å². The molecule has 0 saturated carbocycles. The number of benzene rings is 1. The Morgan fingerprint density at radius 3 is 2.83 bits per heavy atom. The average Bonchev–Trinajstić information content (AvgIpc) is 2.86. The number of aromatic nitrogens is 4. The first kappa shape index (κ1) is 13.0. The molecule has 1 heterocycles. The van der Waals surface area contributed by atoms with Gasteiger partial charge >= 0.3 is 0 Å². The van der Waals surface area contributed by atoms with E-state index in [0.717, 1.165) is 21.7 Å². The Balaban J connectivity index is 2.48. The predicted octanol–water partition coefficient (Wildman–Crippen LogP) is 1.71. The highest BCUT2D eigenvalue weighted by Crippen LogP contribution is 2.24. The largest absolute Gasteiger partial charge is 0.497 e. The van der Waals surface area contributed by atoms with Crippen LogP contribution in [0.15, 0.2) is 22.7 Å². The summed E-state index contributed by atoms with van der Waals surface area (Å²) in [5.41, 5.74) is 0.850. The number of hydrogen-bond donors (Lipinski definition) is 1. The zero-order chi connectivity index (χ0) is 13.1. The van der Waals surface area contributed by atoms with E-state index in [9.17, 15) is 0 Å². The molecule has 1 aromatic carbocycles. The Morgan fingerprint density at radius 2 is 2.17 bits per heavy atom. The number of nitrogens with one attached hydrogen (secondary N) is 1. The van der Waals surface area contributed by atoms with Crippen LogP contribution in [0, 0.1) is 0 Å². The molecule has 0 amide bonds. The van der Waals surface area contributed by atoms with Gasteiger partial charge in [-0.3, -0.25) is 0 Å². The minimum atomic E-state index is 0.0602. The number of nitrogens with zero attached hydrogens (tertiary/aromatic N) is 4. The molecule has 0 spiro atoms. The number of rotatable bonds is 4. The molecule has 0 radical (unpaired) electrons. The number of methoxy groups -OCH3 is 1. The van der Waals surface area contributed by atoms with Crippen LogP contribution in [0.4, 0.5) is 0 Å². The van der Waals surface area contributed by atoms with Gasteiger partial charge in [0, 0.05) is 10.5 Å². The van der Waals surface area contributed by atoms with Crippen LogP contribution in [0.1, 0.15) is 18.8 Å². The fourth-order valence-corrected chi connectivity index (χ4v) is 2.03. The van der Waals surface area contributed by atoms with Crippen LogP contribution in [-0.4, -0.2) is 34.4 Å². The Morgan fingerprint density at radius 1 is 1.39 bits per heavy atom. The van der Waals surface area contributed by atoms with Crippen molar-refractivity contribution in [2.45, 2.75) is 13.0 Å². The smallest absolute Gasteiger partial charge is 0.173 e. The molecule has 0 aliphatic heterocycles. The van der Waals surface area contributed by atoms with E-state index in [2.05, 4.69) is 36.8 Å². The highest BCUT2D eigenvalue weighted by atomic mass is 79.9. The summed E-state index contributed by atoms with van der Waals surface area (Å²) in [5, 5.41) is 14.9. The van der Waals surface area contributed by atoms with Crippen molar-refractivity contribution in [2.24, 2.45) is 0 Å². The van der Waals surface area contributed by atoms with E-state index >= 15 is 0 Å². The number of hydrogen-bond acceptors (Lipinski definition) is 5. The molecule has 0 bridgehead atoms. The summed E-state index contributed by atoms with van der Waals surface area (Å²) >= 11 is 3.44. The van der Waals surface area contributed by atoms with Crippen molar-refractivity contribution in [3.8, 4) is 11.4 Å². The van der Waals surface area contributed by atoms with Crippen LogP contribution in [0.2, 0.25) is 0 Å². The van der Waals surface area contributed by atoms with Crippen LogP contribution in [-0.2, 0) is 0 Å². The molecule has 0 fully saturated rings. The van der Waals surface area contributed by atoms with Gasteiger partial charge in [-0.1, -0.05) is 15.9 Å². The van der Waals surface area contributed by atoms with Gasteiger partial charge in [0.1, 0.15) is 5.75 Å². The second-order valence-corrected chi connectivity index (χ2v) is 4.72. The molecule has 2 rings (SSSR count). The van der Waals surface area contributed by atoms with Gasteiger partial charge in [0.2, 0.25) is 0 Å². The Labute approximate surface area is 113 Å². The molecule has 1 aromatic heterocycles. The molecule has 6 nitrogen and oxygen atoms in total. The fraction of sp³-hybridized carbons (Fsp3) is 0.364. The first-order valence-corrected chi connectivity index (χ1v) is 6.25. The van der Waals surface area contributed by atoms with Gasteiger partial charge in [-0.05, 0) is 36.5 Å². The lowest BCUT2D eigenvalue weighted by Crippen LogP contribution is -2.17. The van der Waals surface area contributed by atoms with Gasteiger partial charge < -0.3 is 10.1 Å². The molecule has 1 N–H and O–H groups in total. The summed E-state index contributed by atoms with van der Waals surface area (Å²) in [4.78, 5) is 0. The summed E-state index contributed by atoms with van der Waals surface area (Å²) in [6.07, 6.45) is 0. The Hall–Kier alpha value is -1.47. The zero-order valence-corrected chi connectivity index (χ0v) is 12.0. The van der Waals surface area contributed by atoms with Gasteiger partial charge in [-0.2, -0.15) is 4.68 Å². The summed E-state index contributed by atoms with van der Waals surface area (Å²) in [6.45, 7) is 2.00. The van der Waals surface area contributed by atoms with Gasteiger partial charge in [0.25, 0.3) is 0 Å². The SMILES string of the molecule is CNC(C)c1nnnn1-c1cc(Br)cc(OC)c1. The molecule has 1 unspecified atom stereocenters. The summed E-state index contributed by atoms with van der Waals surface area (Å²) in [5.74, 6) is 1.50. The van der Waals surface area contributed by atoms with Gasteiger partial charge in [-0.15, -0.1) is 5.10 Å².